The first-order chi connectivity index (χ1) is 12.2. The van der Waals surface area contributed by atoms with Crippen LogP contribution in [-0.2, 0) is 5.41 Å². The monoisotopic (exact) mass is 368 g/mol. The number of aromatic nitrogens is 1. The van der Waals surface area contributed by atoms with Crippen molar-refractivity contribution in [2.24, 2.45) is 0 Å². The number of carbonyl (C=O) groups is 1. The molecule has 3 rings (SSSR count). The Hall–Kier alpha value is -2.86. The number of thiazole rings is 1. The van der Waals surface area contributed by atoms with Gasteiger partial charge in [0.05, 0.1) is 5.69 Å². The van der Waals surface area contributed by atoms with E-state index in [1.54, 1.807) is 23.6 Å². The number of rotatable bonds is 3. The number of hydrogen-bond donors (Lipinski definition) is 3. The van der Waals surface area contributed by atoms with E-state index in [1.807, 2.05) is 12.1 Å². The molecule has 1 amide bonds. The number of nitrogens with one attached hydrogen (secondary N) is 1. The van der Waals surface area contributed by atoms with Gasteiger partial charge in [-0.3, -0.25) is 10.1 Å². The van der Waals surface area contributed by atoms with Crippen LogP contribution >= 0.6 is 11.3 Å². The predicted molar refractivity (Wildman–Crippen MR) is 104 cm³/mol. The zero-order valence-electron chi connectivity index (χ0n) is 14.8. The number of nitrogens with zero attached hydrogens (tertiary/aromatic N) is 1. The number of phenolic OH excluding ortho intramolecular Hbond substituents is 2. The first-order valence-electron chi connectivity index (χ1n) is 8.14. The molecule has 6 heteroatoms. The number of aromatic hydroxyl groups is 2. The largest absolute Gasteiger partial charge is 0.508 e. The summed E-state index contributed by atoms with van der Waals surface area (Å²) in [7, 11) is 0. The number of carbonyl (C=O) groups excluding carboxylic acids is 1. The van der Waals surface area contributed by atoms with E-state index < -0.39 is 0 Å². The molecule has 5 nitrogen and oxygen atoms in total. The van der Waals surface area contributed by atoms with Crippen LogP contribution in [0, 0.1) is 0 Å². The maximum absolute atomic E-state index is 12.4. The van der Waals surface area contributed by atoms with Gasteiger partial charge in [0.25, 0.3) is 5.91 Å². The van der Waals surface area contributed by atoms with Crippen molar-refractivity contribution in [2.45, 2.75) is 26.2 Å². The molecule has 0 spiro atoms. The van der Waals surface area contributed by atoms with E-state index >= 15 is 0 Å². The van der Waals surface area contributed by atoms with Gasteiger partial charge in [0.1, 0.15) is 11.5 Å². The van der Waals surface area contributed by atoms with Gasteiger partial charge in [-0.05, 0) is 35.2 Å². The van der Waals surface area contributed by atoms with Crippen LogP contribution in [0.4, 0.5) is 5.13 Å². The lowest BCUT2D eigenvalue weighted by molar-refractivity contribution is 0.102. The van der Waals surface area contributed by atoms with Crippen LogP contribution in [0.3, 0.4) is 0 Å². The van der Waals surface area contributed by atoms with Crippen molar-refractivity contribution in [3.05, 3.63) is 59.0 Å². The van der Waals surface area contributed by atoms with E-state index in [1.165, 1.54) is 23.5 Å². The first kappa shape index (κ1) is 17.9. The molecule has 0 atom stereocenters. The summed E-state index contributed by atoms with van der Waals surface area (Å²) in [5, 5.41) is 24.2. The van der Waals surface area contributed by atoms with Gasteiger partial charge in [0.2, 0.25) is 0 Å². The van der Waals surface area contributed by atoms with Gasteiger partial charge in [0.15, 0.2) is 5.13 Å². The summed E-state index contributed by atoms with van der Waals surface area (Å²) in [6.45, 7) is 6.37. The SMILES string of the molecule is CC(C)(C)c1ccc(C(=O)Nc2nc(-c3ccc(O)cc3O)cs2)cc1. The fourth-order valence-corrected chi connectivity index (χ4v) is 3.19. The minimum absolute atomic E-state index is 0.0197. The van der Waals surface area contributed by atoms with Crippen molar-refractivity contribution >= 4 is 22.4 Å². The summed E-state index contributed by atoms with van der Waals surface area (Å²) < 4.78 is 0. The first-order valence-corrected chi connectivity index (χ1v) is 9.02. The van der Waals surface area contributed by atoms with Crippen LogP contribution in [0.2, 0.25) is 0 Å². The van der Waals surface area contributed by atoms with Crippen LogP contribution in [0.1, 0.15) is 36.7 Å². The van der Waals surface area contributed by atoms with Gasteiger partial charge < -0.3 is 10.2 Å². The van der Waals surface area contributed by atoms with E-state index in [0.717, 1.165) is 5.56 Å². The Morgan fingerprint density at radius 1 is 1.08 bits per heavy atom. The molecule has 0 saturated heterocycles. The van der Waals surface area contributed by atoms with E-state index in [-0.39, 0.29) is 22.8 Å². The summed E-state index contributed by atoms with van der Waals surface area (Å²) >= 11 is 1.27. The van der Waals surface area contributed by atoms with Gasteiger partial charge in [-0.2, -0.15) is 0 Å². The molecule has 0 aliphatic carbocycles. The second kappa shape index (κ2) is 6.80. The highest BCUT2D eigenvalue weighted by Gasteiger charge is 2.15. The van der Waals surface area contributed by atoms with Crippen molar-refractivity contribution in [3.63, 3.8) is 0 Å². The van der Waals surface area contributed by atoms with Crippen molar-refractivity contribution in [3.8, 4) is 22.8 Å². The second-order valence-electron chi connectivity index (χ2n) is 7.02. The summed E-state index contributed by atoms with van der Waals surface area (Å²) in [6, 6.07) is 11.8. The van der Waals surface area contributed by atoms with Crippen LogP contribution in [-0.4, -0.2) is 21.1 Å². The lowest BCUT2D eigenvalue weighted by Crippen LogP contribution is -2.14. The molecule has 0 aliphatic rings. The molecular formula is C20H20N2O3S. The zero-order valence-corrected chi connectivity index (χ0v) is 15.6. The van der Waals surface area contributed by atoms with Gasteiger partial charge in [-0.25, -0.2) is 4.98 Å². The zero-order chi connectivity index (χ0) is 18.9. The molecule has 134 valence electrons. The topological polar surface area (TPSA) is 82.5 Å². The average molecular weight is 368 g/mol. The Morgan fingerprint density at radius 3 is 2.38 bits per heavy atom. The number of phenols is 2. The van der Waals surface area contributed by atoms with E-state index in [0.29, 0.717) is 22.0 Å². The minimum Gasteiger partial charge on any atom is -0.508 e. The third kappa shape index (κ3) is 3.86. The smallest absolute Gasteiger partial charge is 0.257 e. The Morgan fingerprint density at radius 2 is 1.77 bits per heavy atom. The third-order valence-electron chi connectivity index (χ3n) is 4.00. The average Bonchev–Trinajstić information content (AvgIpc) is 3.02. The van der Waals surface area contributed by atoms with Crippen LogP contribution < -0.4 is 5.32 Å². The molecule has 1 aromatic heterocycles. The van der Waals surface area contributed by atoms with Crippen molar-refractivity contribution in [1.29, 1.82) is 0 Å². The Balaban J connectivity index is 1.75. The molecule has 0 radical (unpaired) electrons. The standard InChI is InChI=1S/C20H20N2O3S/c1-20(2,3)13-6-4-12(5-7-13)18(25)22-19-21-16(11-26-19)15-9-8-14(23)10-17(15)24/h4-11,23-24H,1-3H3,(H,21,22,25). The van der Waals surface area contributed by atoms with Crippen molar-refractivity contribution in [1.82, 2.24) is 4.98 Å². The Labute approximate surface area is 156 Å². The van der Waals surface area contributed by atoms with Gasteiger partial charge in [-0.1, -0.05) is 32.9 Å². The molecule has 26 heavy (non-hydrogen) atoms. The molecule has 1 heterocycles. The van der Waals surface area contributed by atoms with E-state index in [2.05, 4.69) is 31.1 Å². The number of anilines is 1. The summed E-state index contributed by atoms with van der Waals surface area (Å²) in [6.07, 6.45) is 0. The molecule has 0 unspecified atom stereocenters. The lowest BCUT2D eigenvalue weighted by Gasteiger charge is -2.18. The normalized spacial score (nSPS) is 11.3. The Kier molecular flexibility index (Phi) is 4.70. The van der Waals surface area contributed by atoms with Crippen LogP contribution in [0.5, 0.6) is 11.5 Å². The summed E-state index contributed by atoms with van der Waals surface area (Å²) in [5.41, 5.74) is 2.78. The van der Waals surface area contributed by atoms with E-state index in [4.69, 9.17) is 0 Å². The van der Waals surface area contributed by atoms with Crippen molar-refractivity contribution in [2.75, 3.05) is 5.32 Å². The fraction of sp³-hybridized carbons (Fsp3) is 0.200. The minimum atomic E-state index is -0.235. The molecule has 0 aliphatic heterocycles. The summed E-state index contributed by atoms with van der Waals surface area (Å²) in [4.78, 5) is 16.7. The Bertz CT molecular complexity index is 940. The molecule has 0 fully saturated rings. The molecule has 0 bridgehead atoms. The van der Waals surface area contributed by atoms with Crippen molar-refractivity contribution < 1.29 is 15.0 Å². The fourth-order valence-electron chi connectivity index (χ4n) is 2.48. The maximum Gasteiger partial charge on any atom is 0.257 e. The molecule has 0 saturated carbocycles. The molecule has 3 aromatic rings. The second-order valence-corrected chi connectivity index (χ2v) is 7.88. The quantitative estimate of drug-likeness (QED) is 0.622. The number of benzene rings is 2. The van der Waals surface area contributed by atoms with Gasteiger partial charge in [-0.15, -0.1) is 11.3 Å². The highest BCUT2D eigenvalue weighted by Crippen LogP contribution is 2.33. The lowest BCUT2D eigenvalue weighted by atomic mass is 9.87. The third-order valence-corrected chi connectivity index (χ3v) is 4.75. The predicted octanol–water partition coefficient (Wildman–Crippen LogP) is 4.77. The number of hydrogen-bond acceptors (Lipinski definition) is 5. The summed E-state index contributed by atoms with van der Waals surface area (Å²) in [5.74, 6) is -0.319. The van der Waals surface area contributed by atoms with Gasteiger partial charge in [0, 0.05) is 22.6 Å². The molecule has 2 aromatic carbocycles. The van der Waals surface area contributed by atoms with E-state index in [9.17, 15) is 15.0 Å². The van der Waals surface area contributed by atoms with Crippen LogP contribution in [0.25, 0.3) is 11.3 Å². The highest BCUT2D eigenvalue weighted by molar-refractivity contribution is 7.14. The molecular weight excluding hydrogens is 348 g/mol. The van der Waals surface area contributed by atoms with Crippen LogP contribution in [0.15, 0.2) is 47.8 Å². The maximum atomic E-state index is 12.4. The highest BCUT2D eigenvalue weighted by atomic mass is 32.1. The molecule has 3 N–H and O–H groups in total. The van der Waals surface area contributed by atoms with Gasteiger partial charge >= 0.3 is 0 Å². The number of amides is 1.